The number of rotatable bonds is 4. The average molecular weight is 368 g/mol. The molecule has 124 valence electrons. The minimum Gasteiger partial charge on any atom is -0.392 e. The SMILES string of the molecule is CC(C)(CNC(=O)C1CC(O)CN1)c1c(Cl)cccc1Cl.Cl. The van der Waals surface area contributed by atoms with Crippen LogP contribution in [0.3, 0.4) is 0 Å². The van der Waals surface area contributed by atoms with Gasteiger partial charge < -0.3 is 15.7 Å². The number of halogens is 3. The zero-order valence-corrected chi connectivity index (χ0v) is 14.9. The summed E-state index contributed by atoms with van der Waals surface area (Å²) >= 11 is 12.5. The van der Waals surface area contributed by atoms with E-state index in [0.29, 0.717) is 29.6 Å². The Balaban J connectivity index is 0.00000242. The molecule has 7 heteroatoms. The van der Waals surface area contributed by atoms with Crippen LogP contribution in [0.2, 0.25) is 10.0 Å². The topological polar surface area (TPSA) is 61.4 Å². The van der Waals surface area contributed by atoms with E-state index in [2.05, 4.69) is 10.6 Å². The number of benzene rings is 1. The van der Waals surface area contributed by atoms with E-state index in [9.17, 15) is 9.90 Å². The van der Waals surface area contributed by atoms with Crippen molar-refractivity contribution in [2.75, 3.05) is 13.1 Å². The van der Waals surface area contributed by atoms with Crippen molar-refractivity contribution in [3.05, 3.63) is 33.8 Å². The van der Waals surface area contributed by atoms with Crippen molar-refractivity contribution in [3.63, 3.8) is 0 Å². The number of amides is 1. The number of aliphatic hydroxyl groups is 1. The second kappa shape index (κ2) is 7.84. The van der Waals surface area contributed by atoms with E-state index in [0.717, 1.165) is 5.56 Å². The number of hydrogen-bond acceptors (Lipinski definition) is 3. The smallest absolute Gasteiger partial charge is 0.237 e. The Morgan fingerprint density at radius 2 is 2.00 bits per heavy atom. The average Bonchev–Trinajstić information content (AvgIpc) is 2.82. The van der Waals surface area contributed by atoms with E-state index in [1.165, 1.54) is 0 Å². The van der Waals surface area contributed by atoms with Crippen LogP contribution in [0.25, 0.3) is 0 Å². The zero-order valence-electron chi connectivity index (χ0n) is 12.5. The van der Waals surface area contributed by atoms with E-state index >= 15 is 0 Å². The number of nitrogens with one attached hydrogen (secondary N) is 2. The molecule has 0 aromatic heterocycles. The van der Waals surface area contributed by atoms with Gasteiger partial charge in [-0.1, -0.05) is 43.1 Å². The van der Waals surface area contributed by atoms with Crippen LogP contribution in [0.4, 0.5) is 0 Å². The van der Waals surface area contributed by atoms with Gasteiger partial charge in [-0.25, -0.2) is 0 Å². The first-order valence-electron chi connectivity index (χ1n) is 6.95. The third-order valence-corrected chi connectivity index (χ3v) is 4.40. The molecule has 1 amide bonds. The Morgan fingerprint density at radius 1 is 1.41 bits per heavy atom. The lowest BCUT2D eigenvalue weighted by atomic mass is 9.84. The van der Waals surface area contributed by atoms with Crippen molar-refractivity contribution in [2.45, 2.75) is 37.8 Å². The second-order valence-electron chi connectivity index (χ2n) is 6.05. The molecule has 22 heavy (non-hydrogen) atoms. The summed E-state index contributed by atoms with van der Waals surface area (Å²) in [5, 5.41) is 16.5. The van der Waals surface area contributed by atoms with Crippen molar-refractivity contribution in [3.8, 4) is 0 Å². The molecular formula is C15H21Cl3N2O2. The van der Waals surface area contributed by atoms with Gasteiger partial charge in [-0.15, -0.1) is 12.4 Å². The van der Waals surface area contributed by atoms with Gasteiger partial charge in [0.05, 0.1) is 12.1 Å². The molecule has 1 aromatic carbocycles. The summed E-state index contributed by atoms with van der Waals surface area (Å²) < 4.78 is 0. The summed E-state index contributed by atoms with van der Waals surface area (Å²) in [5.41, 5.74) is 0.440. The molecule has 0 saturated carbocycles. The van der Waals surface area contributed by atoms with Gasteiger partial charge in [-0.05, 0) is 24.1 Å². The molecule has 1 saturated heterocycles. The molecule has 1 heterocycles. The number of carbonyl (C=O) groups is 1. The Bertz CT molecular complexity index is 517. The molecule has 1 aliphatic heterocycles. The van der Waals surface area contributed by atoms with Gasteiger partial charge in [-0.3, -0.25) is 4.79 Å². The molecule has 3 N–H and O–H groups in total. The van der Waals surface area contributed by atoms with Gasteiger partial charge in [0.15, 0.2) is 0 Å². The van der Waals surface area contributed by atoms with Crippen molar-refractivity contribution in [1.29, 1.82) is 0 Å². The fourth-order valence-corrected chi connectivity index (χ4v) is 3.49. The van der Waals surface area contributed by atoms with Gasteiger partial charge in [0.25, 0.3) is 0 Å². The van der Waals surface area contributed by atoms with E-state index < -0.39 is 6.10 Å². The largest absolute Gasteiger partial charge is 0.392 e. The molecule has 4 nitrogen and oxygen atoms in total. The standard InChI is InChI=1S/C15H20Cl2N2O2.ClH/c1-15(2,13-10(16)4-3-5-11(13)17)8-19-14(21)12-6-9(20)7-18-12;/h3-5,9,12,18,20H,6-8H2,1-2H3,(H,19,21);1H. The predicted octanol–water partition coefficient (Wildman–Crippen LogP) is 2.53. The summed E-state index contributed by atoms with van der Waals surface area (Å²) in [5.74, 6) is -0.109. The lowest BCUT2D eigenvalue weighted by Crippen LogP contribution is -2.45. The normalized spacial score (nSPS) is 21.3. The van der Waals surface area contributed by atoms with Gasteiger partial charge in [0.2, 0.25) is 5.91 Å². The first kappa shape index (κ1) is 19.5. The number of aliphatic hydroxyl groups excluding tert-OH is 1. The van der Waals surface area contributed by atoms with Crippen LogP contribution in [0.5, 0.6) is 0 Å². The van der Waals surface area contributed by atoms with Crippen LogP contribution in [-0.4, -0.2) is 36.2 Å². The van der Waals surface area contributed by atoms with E-state index in [1.54, 1.807) is 18.2 Å². The Labute approximate surface area is 147 Å². The highest BCUT2D eigenvalue weighted by Crippen LogP contribution is 2.35. The van der Waals surface area contributed by atoms with Gasteiger partial charge >= 0.3 is 0 Å². The molecule has 1 fully saturated rings. The molecule has 1 aromatic rings. The van der Waals surface area contributed by atoms with Crippen LogP contribution in [0.1, 0.15) is 25.8 Å². The summed E-state index contributed by atoms with van der Waals surface area (Å²) in [4.78, 5) is 12.1. The first-order valence-corrected chi connectivity index (χ1v) is 7.70. The number of β-amino-alcohol motifs (C(OH)–C–C–N with tert-alkyl or cyclic N) is 1. The zero-order chi connectivity index (χ0) is 15.6. The molecule has 1 aliphatic rings. The quantitative estimate of drug-likeness (QED) is 0.766. The molecule has 2 unspecified atom stereocenters. The molecular weight excluding hydrogens is 347 g/mol. The van der Waals surface area contributed by atoms with Crippen LogP contribution < -0.4 is 10.6 Å². The monoisotopic (exact) mass is 366 g/mol. The predicted molar refractivity (Wildman–Crippen MR) is 92.2 cm³/mol. The highest BCUT2D eigenvalue weighted by Gasteiger charge is 2.31. The molecule has 0 spiro atoms. The minimum atomic E-state index is -0.452. The van der Waals surface area contributed by atoms with Gasteiger partial charge in [0, 0.05) is 28.5 Å². The highest BCUT2D eigenvalue weighted by atomic mass is 35.5. The molecule has 0 radical (unpaired) electrons. The Morgan fingerprint density at radius 3 is 2.50 bits per heavy atom. The summed E-state index contributed by atoms with van der Waals surface area (Å²) in [6, 6.07) is 5.05. The van der Waals surface area contributed by atoms with Crippen LogP contribution in [0, 0.1) is 0 Å². The molecule has 2 atom stereocenters. The molecule has 0 aliphatic carbocycles. The third-order valence-electron chi connectivity index (χ3n) is 3.77. The summed E-state index contributed by atoms with van der Waals surface area (Å²) in [7, 11) is 0. The third kappa shape index (κ3) is 4.49. The van der Waals surface area contributed by atoms with Gasteiger partial charge in [0.1, 0.15) is 0 Å². The number of hydrogen-bond donors (Lipinski definition) is 3. The Hall–Kier alpha value is -0.520. The lowest BCUT2D eigenvalue weighted by molar-refractivity contribution is -0.123. The van der Waals surface area contributed by atoms with E-state index in [-0.39, 0.29) is 29.8 Å². The Kier molecular flexibility index (Phi) is 6.96. The summed E-state index contributed by atoms with van der Waals surface area (Å²) in [6.45, 7) is 4.84. The van der Waals surface area contributed by atoms with Crippen LogP contribution in [-0.2, 0) is 10.2 Å². The fraction of sp³-hybridized carbons (Fsp3) is 0.533. The maximum absolute atomic E-state index is 12.1. The maximum Gasteiger partial charge on any atom is 0.237 e. The van der Waals surface area contributed by atoms with Crippen LogP contribution in [0.15, 0.2) is 18.2 Å². The van der Waals surface area contributed by atoms with Crippen molar-refractivity contribution in [1.82, 2.24) is 10.6 Å². The lowest BCUT2D eigenvalue weighted by Gasteiger charge is -2.28. The van der Waals surface area contributed by atoms with Crippen molar-refractivity contribution in [2.24, 2.45) is 0 Å². The summed E-state index contributed by atoms with van der Waals surface area (Å²) in [6.07, 6.45) is -0.00850. The fourth-order valence-electron chi connectivity index (χ4n) is 2.58. The first-order chi connectivity index (χ1) is 9.81. The molecule has 2 rings (SSSR count). The van der Waals surface area contributed by atoms with Gasteiger partial charge in [-0.2, -0.15) is 0 Å². The van der Waals surface area contributed by atoms with Crippen molar-refractivity contribution >= 4 is 41.5 Å². The van der Waals surface area contributed by atoms with E-state index in [4.69, 9.17) is 23.2 Å². The minimum absolute atomic E-state index is 0. The highest BCUT2D eigenvalue weighted by molar-refractivity contribution is 6.36. The second-order valence-corrected chi connectivity index (χ2v) is 6.86. The molecule has 0 bridgehead atoms. The van der Waals surface area contributed by atoms with E-state index in [1.807, 2.05) is 13.8 Å². The number of carbonyl (C=O) groups excluding carboxylic acids is 1. The van der Waals surface area contributed by atoms with Crippen LogP contribution >= 0.6 is 35.6 Å². The maximum atomic E-state index is 12.1. The van der Waals surface area contributed by atoms with Crippen molar-refractivity contribution < 1.29 is 9.90 Å².